The molecule has 0 unspecified atom stereocenters. The van der Waals surface area contributed by atoms with Crippen molar-refractivity contribution in [2.45, 2.75) is 13.3 Å². The highest BCUT2D eigenvalue weighted by atomic mass is 127. The van der Waals surface area contributed by atoms with E-state index in [4.69, 9.17) is 21.1 Å². The Morgan fingerprint density at radius 1 is 1.13 bits per heavy atom. The van der Waals surface area contributed by atoms with Crippen molar-refractivity contribution in [2.75, 3.05) is 46.6 Å². The van der Waals surface area contributed by atoms with Crippen LogP contribution in [0.3, 0.4) is 0 Å². The van der Waals surface area contributed by atoms with Crippen LogP contribution in [-0.4, -0.2) is 52.5 Å². The second-order valence-corrected chi connectivity index (χ2v) is 5.11. The van der Waals surface area contributed by atoms with Gasteiger partial charge >= 0.3 is 0 Å². The molecule has 5 nitrogen and oxygen atoms in total. The average molecular weight is 456 g/mol. The maximum absolute atomic E-state index is 5.88. The summed E-state index contributed by atoms with van der Waals surface area (Å²) < 4.78 is 10.3. The Morgan fingerprint density at radius 2 is 1.87 bits per heavy atom. The maximum atomic E-state index is 5.88. The molecule has 0 saturated carbocycles. The quantitative estimate of drug-likeness (QED) is 0.247. The molecule has 0 saturated heterocycles. The highest BCUT2D eigenvalue weighted by molar-refractivity contribution is 14.0. The first kappa shape index (κ1) is 22.4. The molecule has 0 radical (unpaired) electrons. The van der Waals surface area contributed by atoms with Gasteiger partial charge < -0.3 is 20.1 Å². The Morgan fingerprint density at radius 3 is 2.52 bits per heavy atom. The molecule has 0 bridgehead atoms. The summed E-state index contributed by atoms with van der Waals surface area (Å²) in [7, 11) is 1.66. The van der Waals surface area contributed by atoms with Crippen molar-refractivity contribution in [1.29, 1.82) is 0 Å². The number of methoxy groups -OCH3 is 1. The van der Waals surface area contributed by atoms with E-state index < -0.39 is 0 Å². The van der Waals surface area contributed by atoms with Gasteiger partial charge in [-0.25, -0.2) is 0 Å². The second kappa shape index (κ2) is 15.0. The summed E-state index contributed by atoms with van der Waals surface area (Å²) in [5.74, 6) is 0.812. The van der Waals surface area contributed by atoms with Crippen LogP contribution >= 0.6 is 35.6 Å². The molecule has 23 heavy (non-hydrogen) atoms. The Balaban J connectivity index is 0.00000484. The first-order valence-corrected chi connectivity index (χ1v) is 7.97. The van der Waals surface area contributed by atoms with Crippen LogP contribution in [0.25, 0.3) is 0 Å². The monoisotopic (exact) mass is 455 g/mol. The third-order valence-corrected chi connectivity index (χ3v) is 3.15. The molecule has 0 atom stereocenters. The molecule has 0 aromatic heterocycles. The van der Waals surface area contributed by atoms with E-state index in [1.165, 1.54) is 5.56 Å². The van der Waals surface area contributed by atoms with Gasteiger partial charge in [0, 0.05) is 25.2 Å². The molecule has 0 aliphatic rings. The first-order valence-electron chi connectivity index (χ1n) is 7.59. The molecule has 0 heterocycles. The Kier molecular flexibility index (Phi) is 14.6. The molecule has 0 aliphatic heterocycles. The Labute approximate surface area is 161 Å². The van der Waals surface area contributed by atoms with Crippen LogP contribution in [0.1, 0.15) is 12.5 Å². The first-order chi connectivity index (χ1) is 10.8. The number of guanidine groups is 1. The van der Waals surface area contributed by atoms with Gasteiger partial charge in [0.25, 0.3) is 0 Å². The Hall–Kier alpha value is -0.570. The number of rotatable bonds is 10. The van der Waals surface area contributed by atoms with Gasteiger partial charge in [-0.1, -0.05) is 23.7 Å². The summed E-state index contributed by atoms with van der Waals surface area (Å²) in [6.45, 7) is 6.13. The van der Waals surface area contributed by atoms with Gasteiger partial charge in [-0.05, 0) is 31.0 Å². The van der Waals surface area contributed by atoms with E-state index in [2.05, 4.69) is 15.6 Å². The van der Waals surface area contributed by atoms with Crippen LogP contribution in [0.4, 0.5) is 0 Å². The zero-order valence-corrected chi connectivity index (χ0v) is 16.9. The molecule has 132 valence electrons. The minimum absolute atomic E-state index is 0. The minimum Gasteiger partial charge on any atom is -0.382 e. The normalized spacial score (nSPS) is 11.0. The predicted octanol–water partition coefficient (Wildman–Crippen LogP) is 2.72. The zero-order valence-electron chi connectivity index (χ0n) is 13.8. The van der Waals surface area contributed by atoms with Crippen molar-refractivity contribution >= 4 is 41.5 Å². The predicted molar refractivity (Wildman–Crippen MR) is 107 cm³/mol. The van der Waals surface area contributed by atoms with Crippen LogP contribution in [0, 0.1) is 0 Å². The topological polar surface area (TPSA) is 54.9 Å². The fourth-order valence-corrected chi connectivity index (χ4v) is 1.91. The summed E-state index contributed by atoms with van der Waals surface area (Å²) in [4.78, 5) is 4.46. The molecule has 2 N–H and O–H groups in total. The zero-order chi connectivity index (χ0) is 16.0. The molecular formula is C16H27ClIN3O2. The third-order valence-electron chi connectivity index (χ3n) is 2.90. The van der Waals surface area contributed by atoms with Crippen LogP contribution in [0.2, 0.25) is 5.02 Å². The molecule has 0 aliphatic carbocycles. The van der Waals surface area contributed by atoms with Gasteiger partial charge in [0.1, 0.15) is 0 Å². The fraction of sp³-hybridized carbons (Fsp3) is 0.562. The summed E-state index contributed by atoms with van der Waals surface area (Å²) >= 11 is 5.88. The summed E-state index contributed by atoms with van der Waals surface area (Å²) in [5, 5.41) is 7.29. The smallest absolute Gasteiger partial charge is 0.191 e. The van der Waals surface area contributed by atoms with Crippen LogP contribution < -0.4 is 10.6 Å². The van der Waals surface area contributed by atoms with Gasteiger partial charge in [-0.3, -0.25) is 4.99 Å². The maximum Gasteiger partial charge on any atom is 0.191 e. The number of nitrogens with one attached hydrogen (secondary N) is 2. The summed E-state index contributed by atoms with van der Waals surface area (Å²) in [5.41, 5.74) is 1.25. The third kappa shape index (κ3) is 11.6. The fourth-order valence-electron chi connectivity index (χ4n) is 1.78. The van der Waals surface area contributed by atoms with E-state index in [-0.39, 0.29) is 24.0 Å². The number of aliphatic imine (C=N–C) groups is 1. The lowest BCUT2D eigenvalue weighted by Gasteiger charge is -2.11. The van der Waals surface area contributed by atoms with E-state index in [1.807, 2.05) is 31.2 Å². The molecule has 0 fully saturated rings. The van der Waals surface area contributed by atoms with Crippen molar-refractivity contribution in [3.8, 4) is 0 Å². The summed E-state index contributed by atoms with van der Waals surface area (Å²) in [6.07, 6.45) is 0.923. The Bertz CT molecular complexity index is 430. The summed E-state index contributed by atoms with van der Waals surface area (Å²) in [6, 6.07) is 7.90. The lowest BCUT2D eigenvalue weighted by atomic mass is 10.1. The highest BCUT2D eigenvalue weighted by Crippen LogP contribution is 2.09. The minimum atomic E-state index is 0. The number of hydrogen-bond donors (Lipinski definition) is 2. The number of nitrogens with zero attached hydrogens (tertiary/aromatic N) is 1. The van der Waals surface area contributed by atoms with Gasteiger partial charge in [-0.2, -0.15) is 0 Å². The van der Waals surface area contributed by atoms with Gasteiger partial charge in [0.15, 0.2) is 5.96 Å². The van der Waals surface area contributed by atoms with Crippen LogP contribution in [0.5, 0.6) is 0 Å². The second-order valence-electron chi connectivity index (χ2n) is 4.67. The van der Waals surface area contributed by atoms with Gasteiger partial charge in [-0.15, -0.1) is 24.0 Å². The SMILES string of the molecule is CCNC(=NCCOCCOC)NCCc1ccc(Cl)cc1.I. The average Bonchev–Trinajstić information content (AvgIpc) is 2.52. The van der Waals surface area contributed by atoms with E-state index in [9.17, 15) is 0 Å². The van der Waals surface area contributed by atoms with Crippen LogP contribution in [0.15, 0.2) is 29.3 Å². The van der Waals surface area contributed by atoms with Crippen molar-refractivity contribution in [3.63, 3.8) is 0 Å². The van der Waals surface area contributed by atoms with Crippen molar-refractivity contribution in [2.24, 2.45) is 4.99 Å². The van der Waals surface area contributed by atoms with Gasteiger partial charge in [0.05, 0.1) is 26.4 Å². The molecular weight excluding hydrogens is 429 g/mol. The van der Waals surface area contributed by atoms with Crippen LogP contribution in [-0.2, 0) is 15.9 Å². The number of benzene rings is 1. The van der Waals surface area contributed by atoms with E-state index in [0.29, 0.717) is 26.4 Å². The lowest BCUT2D eigenvalue weighted by molar-refractivity contribution is 0.0748. The van der Waals surface area contributed by atoms with E-state index in [1.54, 1.807) is 7.11 Å². The molecule has 0 spiro atoms. The van der Waals surface area contributed by atoms with E-state index in [0.717, 1.165) is 30.5 Å². The number of ether oxygens (including phenoxy) is 2. The largest absolute Gasteiger partial charge is 0.382 e. The highest BCUT2D eigenvalue weighted by Gasteiger charge is 1.98. The van der Waals surface area contributed by atoms with E-state index >= 15 is 0 Å². The molecule has 1 rings (SSSR count). The molecule has 1 aromatic carbocycles. The van der Waals surface area contributed by atoms with Crippen molar-refractivity contribution in [3.05, 3.63) is 34.9 Å². The number of halogens is 2. The molecule has 7 heteroatoms. The van der Waals surface area contributed by atoms with Gasteiger partial charge in [0.2, 0.25) is 0 Å². The van der Waals surface area contributed by atoms with Crippen molar-refractivity contribution in [1.82, 2.24) is 10.6 Å². The standard InChI is InChI=1S/C16H26ClN3O2.HI/c1-3-18-16(20-10-11-22-13-12-21-2)19-9-8-14-4-6-15(17)7-5-14;/h4-7H,3,8-13H2,1-2H3,(H2,18,19,20);1H. The number of hydrogen-bond acceptors (Lipinski definition) is 3. The molecule has 0 amide bonds. The van der Waals surface area contributed by atoms with Crippen molar-refractivity contribution < 1.29 is 9.47 Å². The lowest BCUT2D eigenvalue weighted by Crippen LogP contribution is -2.38. The molecule has 1 aromatic rings.